The van der Waals surface area contributed by atoms with Crippen molar-refractivity contribution < 1.29 is 14.4 Å². The molecule has 5 rings (SSSR count). The van der Waals surface area contributed by atoms with Gasteiger partial charge in [0, 0.05) is 31.4 Å². The van der Waals surface area contributed by atoms with Gasteiger partial charge in [0.1, 0.15) is 11.5 Å². The maximum atomic E-state index is 14.3. The van der Waals surface area contributed by atoms with Crippen molar-refractivity contribution in [3.63, 3.8) is 0 Å². The van der Waals surface area contributed by atoms with Crippen LogP contribution in [0.3, 0.4) is 0 Å². The average molecular weight is 556 g/mol. The first-order chi connectivity index (χ1) is 19.6. The number of para-hydroxylation sites is 1. The van der Waals surface area contributed by atoms with E-state index in [1.807, 2.05) is 56.3 Å². The molecule has 2 saturated heterocycles. The summed E-state index contributed by atoms with van der Waals surface area (Å²) in [6.45, 7) is 16.4. The minimum atomic E-state index is -0.949. The van der Waals surface area contributed by atoms with E-state index in [2.05, 4.69) is 41.0 Å². The van der Waals surface area contributed by atoms with Crippen LogP contribution < -0.4 is 5.32 Å². The van der Waals surface area contributed by atoms with Gasteiger partial charge in [-0.1, -0.05) is 62.4 Å². The Bertz CT molecular complexity index is 1350. The predicted octanol–water partition coefficient (Wildman–Crippen LogP) is 4.84. The van der Waals surface area contributed by atoms with E-state index in [1.165, 1.54) is 5.56 Å². The van der Waals surface area contributed by atoms with Crippen LogP contribution in [0.25, 0.3) is 4.85 Å². The van der Waals surface area contributed by atoms with Gasteiger partial charge in [0.25, 0.3) is 5.91 Å². The zero-order chi connectivity index (χ0) is 29.5. The van der Waals surface area contributed by atoms with Gasteiger partial charge >= 0.3 is 6.17 Å². The normalized spacial score (nSPS) is 26.3. The fourth-order valence-electron chi connectivity index (χ4n) is 7.22. The van der Waals surface area contributed by atoms with Crippen LogP contribution in [0.2, 0.25) is 0 Å². The van der Waals surface area contributed by atoms with E-state index in [4.69, 9.17) is 6.57 Å². The summed E-state index contributed by atoms with van der Waals surface area (Å²) in [5.41, 5.74) is 1.83. The third-order valence-electron chi connectivity index (χ3n) is 9.18. The van der Waals surface area contributed by atoms with Crippen molar-refractivity contribution in [3.05, 3.63) is 77.1 Å². The van der Waals surface area contributed by atoms with Crippen LogP contribution in [-0.4, -0.2) is 70.3 Å². The van der Waals surface area contributed by atoms with Gasteiger partial charge in [-0.15, -0.1) is 0 Å². The van der Waals surface area contributed by atoms with Crippen LogP contribution in [0, 0.1) is 12.5 Å². The van der Waals surface area contributed by atoms with Crippen LogP contribution in [0.1, 0.15) is 70.5 Å². The maximum absolute atomic E-state index is 14.3. The fourth-order valence-corrected chi connectivity index (χ4v) is 7.22. The second-order valence-electron chi connectivity index (χ2n) is 12.5. The lowest BCUT2D eigenvalue weighted by Gasteiger charge is -2.38. The van der Waals surface area contributed by atoms with Crippen LogP contribution in [-0.2, 0) is 19.8 Å². The molecule has 0 aromatic heterocycles. The van der Waals surface area contributed by atoms with E-state index in [0.29, 0.717) is 6.42 Å². The average Bonchev–Trinajstić information content (AvgIpc) is 3.65. The first kappa shape index (κ1) is 28.8. The number of nitrogens with one attached hydrogen (secondary N) is 1. The summed E-state index contributed by atoms with van der Waals surface area (Å²) in [7, 11) is 1.73. The molecule has 2 aromatic rings. The van der Waals surface area contributed by atoms with Crippen LogP contribution >= 0.6 is 0 Å². The Hall–Kier alpha value is -3.70. The number of fused-ring (bicyclic) bond motifs is 2. The number of hydrogen-bond acceptors (Lipinski definition) is 4. The highest BCUT2D eigenvalue weighted by molar-refractivity contribution is 6.07. The molecule has 2 fully saturated rings. The van der Waals surface area contributed by atoms with Crippen molar-refractivity contribution >= 4 is 23.4 Å². The quantitative estimate of drug-likeness (QED) is 0.496. The molecule has 0 saturated carbocycles. The zero-order valence-electron chi connectivity index (χ0n) is 24.7. The lowest BCUT2D eigenvalue weighted by atomic mass is 9.80. The number of hydrogen-bond donors (Lipinski definition) is 1. The summed E-state index contributed by atoms with van der Waals surface area (Å²) < 4.78 is 0. The molecule has 0 unspecified atom stereocenters. The molecular weight excluding hydrogens is 514 g/mol. The molecule has 5 atom stereocenters. The molecular formula is C33H41N5O3. The lowest BCUT2D eigenvalue weighted by molar-refractivity contribution is -0.148. The van der Waals surface area contributed by atoms with Crippen molar-refractivity contribution in [2.45, 2.75) is 89.1 Å². The Kier molecular flexibility index (Phi) is 7.93. The molecule has 1 spiro atoms. The molecule has 216 valence electrons. The molecule has 2 aromatic carbocycles. The standard InChI is InChI=1S/C33H41N5O3/c1-21(2)18-28(36(6)30(39)27-17-16-26(38(27)22(3)4)23-12-8-7-9-13-23)31(40)37-20-33(19-29(37)34-5)24-14-10-11-15-25(24)35-32(33)41/h7-15,21-22,26-29H,16-20H2,1-4,6H3,(H,35,41)/t26-,27-,28-,29-,33-/m0/s1. The van der Waals surface area contributed by atoms with E-state index >= 15 is 0 Å². The highest BCUT2D eigenvalue weighted by Crippen LogP contribution is 2.47. The van der Waals surface area contributed by atoms with Gasteiger partial charge in [-0.3, -0.25) is 29.0 Å². The maximum Gasteiger partial charge on any atom is 0.302 e. The molecule has 3 aliphatic heterocycles. The molecule has 3 heterocycles. The van der Waals surface area contributed by atoms with Crippen molar-refractivity contribution in [3.8, 4) is 0 Å². The monoisotopic (exact) mass is 555 g/mol. The van der Waals surface area contributed by atoms with E-state index in [-0.39, 0.29) is 54.7 Å². The van der Waals surface area contributed by atoms with Crippen molar-refractivity contribution in [1.82, 2.24) is 14.7 Å². The van der Waals surface area contributed by atoms with Crippen molar-refractivity contribution in [2.75, 3.05) is 18.9 Å². The molecule has 0 radical (unpaired) electrons. The van der Waals surface area contributed by atoms with Gasteiger partial charge in [-0.2, -0.15) is 0 Å². The Labute approximate surface area is 243 Å². The lowest BCUT2D eigenvalue weighted by Crippen LogP contribution is -2.55. The fraction of sp³-hybridized carbons (Fsp3) is 0.515. The van der Waals surface area contributed by atoms with Crippen molar-refractivity contribution in [2.24, 2.45) is 5.92 Å². The predicted molar refractivity (Wildman–Crippen MR) is 159 cm³/mol. The van der Waals surface area contributed by atoms with Gasteiger partial charge in [0.15, 0.2) is 0 Å². The van der Waals surface area contributed by atoms with Gasteiger partial charge < -0.3 is 10.2 Å². The second kappa shape index (κ2) is 11.3. The molecule has 0 bridgehead atoms. The number of benzene rings is 2. The van der Waals surface area contributed by atoms with Gasteiger partial charge in [0.05, 0.1) is 12.5 Å². The number of likely N-dealkylation sites (tertiary alicyclic amines) is 2. The summed E-state index contributed by atoms with van der Waals surface area (Å²) in [5, 5.41) is 2.96. The van der Waals surface area contributed by atoms with Crippen LogP contribution in [0.4, 0.5) is 5.69 Å². The smallest absolute Gasteiger partial charge is 0.302 e. The topological polar surface area (TPSA) is 77.3 Å². The molecule has 0 aliphatic carbocycles. The summed E-state index contributed by atoms with van der Waals surface area (Å²) in [4.78, 5) is 51.1. The number of nitrogens with zero attached hydrogens (tertiary/aromatic N) is 4. The molecule has 41 heavy (non-hydrogen) atoms. The summed E-state index contributed by atoms with van der Waals surface area (Å²) in [6, 6.07) is 17.1. The first-order valence-corrected chi connectivity index (χ1v) is 14.8. The van der Waals surface area contributed by atoms with Gasteiger partial charge in [-0.05, 0) is 56.2 Å². The zero-order valence-corrected chi connectivity index (χ0v) is 24.7. The molecule has 3 amide bonds. The van der Waals surface area contributed by atoms with E-state index in [9.17, 15) is 14.4 Å². The van der Waals surface area contributed by atoms with Crippen molar-refractivity contribution in [1.29, 1.82) is 0 Å². The number of carbonyl (C=O) groups excluding carboxylic acids is 3. The Morgan fingerprint density at radius 3 is 2.41 bits per heavy atom. The minimum Gasteiger partial charge on any atom is -0.332 e. The molecule has 1 N–H and O–H groups in total. The highest BCUT2D eigenvalue weighted by atomic mass is 16.2. The number of likely N-dealkylation sites (N-methyl/N-ethyl adjacent to an activating group) is 1. The number of amides is 3. The largest absolute Gasteiger partial charge is 0.332 e. The molecule has 8 nitrogen and oxygen atoms in total. The van der Waals surface area contributed by atoms with E-state index < -0.39 is 17.6 Å². The van der Waals surface area contributed by atoms with E-state index in [0.717, 1.165) is 24.1 Å². The SMILES string of the molecule is [C-]#[N+][C@@H]1C[C@@]2(CN1C(=O)[C@H](CC(C)C)N(C)C(=O)[C@@H]1CC[C@@H](c3ccccc3)N1C(C)C)C(=O)Nc1ccccc12. The third kappa shape index (κ3) is 5.01. The first-order valence-electron chi connectivity index (χ1n) is 14.8. The summed E-state index contributed by atoms with van der Waals surface area (Å²) >= 11 is 0. The number of carbonyl (C=O) groups is 3. The van der Waals surface area contributed by atoms with Crippen LogP contribution in [0.5, 0.6) is 0 Å². The summed E-state index contributed by atoms with van der Waals surface area (Å²) in [5.74, 6) is -0.329. The second-order valence-corrected chi connectivity index (χ2v) is 12.5. The number of rotatable bonds is 7. The van der Waals surface area contributed by atoms with Gasteiger partial charge in [0.2, 0.25) is 11.8 Å². The van der Waals surface area contributed by atoms with Crippen LogP contribution in [0.15, 0.2) is 54.6 Å². The Morgan fingerprint density at radius 2 is 1.76 bits per heavy atom. The molecule has 3 aliphatic rings. The highest BCUT2D eigenvalue weighted by Gasteiger charge is 2.59. The third-order valence-corrected chi connectivity index (χ3v) is 9.18. The summed E-state index contributed by atoms with van der Waals surface area (Å²) in [6.07, 6.45) is 1.56. The minimum absolute atomic E-state index is 0.0617. The number of anilines is 1. The van der Waals surface area contributed by atoms with Gasteiger partial charge in [-0.25, -0.2) is 6.57 Å². The molecule has 8 heteroatoms. The Morgan fingerprint density at radius 1 is 1.07 bits per heavy atom. The van der Waals surface area contributed by atoms with E-state index in [1.54, 1.807) is 16.8 Å². The Balaban J connectivity index is 1.41.